The maximum Gasteiger partial charge on any atom is 0.249 e. The van der Waals surface area contributed by atoms with Gasteiger partial charge in [-0.05, 0) is 35.7 Å². The maximum atomic E-state index is 13.4. The largest absolute Gasteiger partial charge is 0.454 e. The minimum absolute atomic E-state index is 0.188. The van der Waals surface area contributed by atoms with Crippen LogP contribution in [0.3, 0.4) is 0 Å². The Hall–Kier alpha value is -4.24. The summed E-state index contributed by atoms with van der Waals surface area (Å²) in [7, 11) is 0. The van der Waals surface area contributed by atoms with E-state index in [4.69, 9.17) is 9.47 Å². The molecule has 8 nitrogen and oxygen atoms in total. The van der Waals surface area contributed by atoms with Gasteiger partial charge in [-0.15, -0.1) is 10.2 Å². The molecule has 188 valence electrons. The molecule has 0 bridgehead atoms. The third-order valence-electron chi connectivity index (χ3n) is 6.12. The Morgan fingerprint density at radius 3 is 2.41 bits per heavy atom. The Morgan fingerprint density at radius 1 is 0.919 bits per heavy atom. The molecule has 0 saturated carbocycles. The van der Waals surface area contributed by atoms with Gasteiger partial charge < -0.3 is 14.8 Å². The van der Waals surface area contributed by atoms with E-state index in [0.29, 0.717) is 34.5 Å². The second kappa shape index (κ2) is 11.2. The van der Waals surface area contributed by atoms with E-state index in [1.54, 1.807) is 0 Å². The van der Waals surface area contributed by atoms with E-state index in [1.807, 2.05) is 85.8 Å². The lowest BCUT2D eigenvalue weighted by molar-refractivity contribution is -0.127. The first-order chi connectivity index (χ1) is 18.1. The molecule has 1 aliphatic rings. The highest BCUT2D eigenvalue weighted by Gasteiger charge is 2.27. The number of benzene rings is 3. The van der Waals surface area contributed by atoms with Crippen molar-refractivity contribution in [2.24, 2.45) is 0 Å². The highest BCUT2D eigenvalue weighted by Crippen LogP contribution is 2.37. The van der Waals surface area contributed by atoms with E-state index in [1.165, 1.54) is 11.3 Å². The fraction of sp³-hybridized carbons (Fsp3) is 0.214. The lowest BCUT2D eigenvalue weighted by Gasteiger charge is -2.22. The molecule has 4 aromatic rings. The number of carbonyl (C=O) groups is 2. The Labute approximate surface area is 218 Å². The number of rotatable bonds is 9. The summed E-state index contributed by atoms with van der Waals surface area (Å²) >= 11 is 1.25. The van der Waals surface area contributed by atoms with Crippen LogP contribution in [0.1, 0.15) is 30.4 Å². The average molecular weight is 515 g/mol. The topological polar surface area (TPSA) is 102 Å². The van der Waals surface area contributed by atoms with Gasteiger partial charge in [0.05, 0.1) is 5.92 Å². The Morgan fingerprint density at radius 2 is 1.65 bits per heavy atom. The molecule has 1 aromatic heterocycles. The molecule has 0 spiro atoms. The Kier molecular flexibility index (Phi) is 7.41. The Bertz CT molecular complexity index is 1380. The third kappa shape index (κ3) is 5.78. The lowest BCUT2D eigenvalue weighted by Crippen LogP contribution is -2.46. The van der Waals surface area contributed by atoms with Crippen LogP contribution in [0.4, 0.5) is 5.13 Å². The summed E-state index contributed by atoms with van der Waals surface area (Å²) in [6.07, 6.45) is 0.961. The molecule has 9 heteroatoms. The van der Waals surface area contributed by atoms with Crippen molar-refractivity contribution in [2.45, 2.75) is 31.7 Å². The normalized spacial score (nSPS) is 13.5. The standard InChI is InChI=1S/C28H26N4O4S/c1-2-21(19-11-7-4-8-12-19)25(33)29-22(15-18-9-5-3-6-10-18)26(34)30-28-32-31-27(37-28)20-13-14-23-24(16-20)36-17-35-23/h3-14,16,21-22H,2,15,17H2,1H3,(H,29,33)(H,30,32,34). The maximum absolute atomic E-state index is 13.4. The third-order valence-corrected chi connectivity index (χ3v) is 7.00. The molecule has 0 saturated heterocycles. The van der Waals surface area contributed by atoms with Gasteiger partial charge in [0, 0.05) is 12.0 Å². The number of carbonyl (C=O) groups excluding carboxylic acids is 2. The first kappa shape index (κ1) is 24.5. The van der Waals surface area contributed by atoms with Gasteiger partial charge in [-0.2, -0.15) is 0 Å². The summed E-state index contributed by atoms with van der Waals surface area (Å²) in [6.45, 7) is 2.15. The molecular weight excluding hydrogens is 488 g/mol. The van der Waals surface area contributed by atoms with Gasteiger partial charge in [0.15, 0.2) is 11.5 Å². The summed E-state index contributed by atoms with van der Waals surface area (Å²) in [6, 6.07) is 23.9. The molecule has 0 radical (unpaired) electrons. The minimum atomic E-state index is -0.787. The van der Waals surface area contributed by atoms with Crippen molar-refractivity contribution in [1.82, 2.24) is 15.5 Å². The second-order valence-electron chi connectivity index (χ2n) is 8.59. The summed E-state index contributed by atoms with van der Waals surface area (Å²) < 4.78 is 10.8. The molecule has 5 rings (SSSR count). The van der Waals surface area contributed by atoms with Crippen LogP contribution in [0.2, 0.25) is 0 Å². The van der Waals surface area contributed by atoms with Gasteiger partial charge in [-0.3, -0.25) is 14.9 Å². The number of hydrogen-bond acceptors (Lipinski definition) is 7. The van der Waals surface area contributed by atoms with Crippen LogP contribution < -0.4 is 20.1 Å². The second-order valence-corrected chi connectivity index (χ2v) is 9.57. The summed E-state index contributed by atoms with van der Waals surface area (Å²) in [5.41, 5.74) is 2.66. The predicted molar refractivity (Wildman–Crippen MR) is 142 cm³/mol. The lowest BCUT2D eigenvalue weighted by atomic mass is 9.94. The summed E-state index contributed by atoms with van der Waals surface area (Å²) in [5, 5.41) is 15.2. The number of fused-ring (bicyclic) bond motifs is 1. The molecule has 0 aliphatic carbocycles. The molecule has 3 aromatic carbocycles. The molecule has 0 fully saturated rings. The van der Waals surface area contributed by atoms with Crippen LogP contribution in [0.5, 0.6) is 11.5 Å². The zero-order chi connectivity index (χ0) is 25.6. The van der Waals surface area contributed by atoms with Crippen molar-refractivity contribution in [2.75, 3.05) is 12.1 Å². The van der Waals surface area contributed by atoms with Gasteiger partial charge in [0.2, 0.25) is 23.7 Å². The minimum Gasteiger partial charge on any atom is -0.454 e. The Balaban J connectivity index is 1.32. The van der Waals surface area contributed by atoms with E-state index in [9.17, 15) is 9.59 Å². The van der Waals surface area contributed by atoms with E-state index in [0.717, 1.165) is 16.7 Å². The van der Waals surface area contributed by atoms with Crippen molar-refractivity contribution in [1.29, 1.82) is 0 Å². The number of aromatic nitrogens is 2. The first-order valence-corrected chi connectivity index (χ1v) is 12.9. The summed E-state index contributed by atoms with van der Waals surface area (Å²) in [5.74, 6) is 0.429. The van der Waals surface area contributed by atoms with Crippen molar-refractivity contribution in [3.63, 3.8) is 0 Å². The van der Waals surface area contributed by atoms with Gasteiger partial charge in [-0.1, -0.05) is 78.9 Å². The smallest absolute Gasteiger partial charge is 0.249 e. The fourth-order valence-electron chi connectivity index (χ4n) is 4.20. The zero-order valence-electron chi connectivity index (χ0n) is 20.2. The van der Waals surface area contributed by atoms with Crippen LogP contribution in [-0.2, 0) is 16.0 Å². The highest BCUT2D eigenvalue weighted by atomic mass is 32.1. The molecule has 2 amide bonds. The van der Waals surface area contributed by atoms with Gasteiger partial charge in [0.25, 0.3) is 0 Å². The SMILES string of the molecule is CCC(C(=O)NC(Cc1ccccc1)C(=O)Nc1nnc(-c2ccc3c(c2)OCO3)s1)c1ccccc1. The highest BCUT2D eigenvalue weighted by molar-refractivity contribution is 7.18. The monoisotopic (exact) mass is 514 g/mol. The number of anilines is 1. The first-order valence-electron chi connectivity index (χ1n) is 12.0. The molecular formula is C28H26N4O4S. The number of nitrogens with one attached hydrogen (secondary N) is 2. The molecule has 2 N–H and O–H groups in total. The van der Waals surface area contributed by atoms with E-state index in [2.05, 4.69) is 20.8 Å². The van der Waals surface area contributed by atoms with E-state index in [-0.39, 0.29) is 24.5 Å². The van der Waals surface area contributed by atoms with Gasteiger partial charge in [-0.25, -0.2) is 0 Å². The van der Waals surface area contributed by atoms with Gasteiger partial charge in [0.1, 0.15) is 11.0 Å². The van der Waals surface area contributed by atoms with Crippen LogP contribution >= 0.6 is 11.3 Å². The molecule has 37 heavy (non-hydrogen) atoms. The van der Waals surface area contributed by atoms with E-state index < -0.39 is 6.04 Å². The van der Waals surface area contributed by atoms with Crippen LogP contribution in [0.25, 0.3) is 10.6 Å². The van der Waals surface area contributed by atoms with Crippen molar-refractivity contribution >= 4 is 28.3 Å². The fourth-order valence-corrected chi connectivity index (χ4v) is 4.94. The number of amides is 2. The van der Waals surface area contributed by atoms with Crippen molar-refractivity contribution in [3.05, 3.63) is 90.0 Å². The average Bonchev–Trinajstić information content (AvgIpc) is 3.59. The molecule has 1 aliphatic heterocycles. The number of nitrogens with zero attached hydrogens (tertiary/aromatic N) is 2. The van der Waals surface area contributed by atoms with Crippen LogP contribution in [0, 0.1) is 0 Å². The van der Waals surface area contributed by atoms with Crippen LogP contribution in [0.15, 0.2) is 78.9 Å². The van der Waals surface area contributed by atoms with E-state index >= 15 is 0 Å². The molecule has 2 heterocycles. The number of ether oxygens (including phenoxy) is 2. The number of hydrogen-bond donors (Lipinski definition) is 2. The van der Waals surface area contributed by atoms with Crippen molar-refractivity contribution in [3.8, 4) is 22.1 Å². The van der Waals surface area contributed by atoms with Gasteiger partial charge >= 0.3 is 0 Å². The molecule has 2 atom stereocenters. The molecule has 2 unspecified atom stereocenters. The van der Waals surface area contributed by atoms with Crippen LogP contribution in [-0.4, -0.2) is 34.8 Å². The predicted octanol–water partition coefficient (Wildman–Crippen LogP) is 4.79. The van der Waals surface area contributed by atoms with Crippen molar-refractivity contribution < 1.29 is 19.1 Å². The quantitative estimate of drug-likeness (QED) is 0.333. The zero-order valence-corrected chi connectivity index (χ0v) is 21.0. The summed E-state index contributed by atoms with van der Waals surface area (Å²) in [4.78, 5) is 26.7.